The molecule has 4 aromatic carbocycles. The van der Waals surface area contributed by atoms with E-state index in [2.05, 4.69) is 15.8 Å². The highest BCUT2D eigenvalue weighted by Crippen LogP contribution is 2.25. The van der Waals surface area contributed by atoms with Crippen LogP contribution in [0.2, 0.25) is 0 Å². The van der Waals surface area contributed by atoms with Crippen molar-refractivity contribution in [3.8, 4) is 11.5 Å². The van der Waals surface area contributed by atoms with Crippen LogP contribution in [0.4, 0.5) is 0 Å². The first-order valence-electron chi connectivity index (χ1n) is 12.2. The van der Waals surface area contributed by atoms with E-state index in [-0.39, 0.29) is 18.0 Å². The Kier molecular flexibility index (Phi) is 9.13. The van der Waals surface area contributed by atoms with Gasteiger partial charge in [-0.05, 0) is 55.5 Å². The van der Waals surface area contributed by atoms with Gasteiger partial charge in [0.15, 0.2) is 0 Å². The van der Waals surface area contributed by atoms with E-state index in [0.717, 1.165) is 5.56 Å². The summed E-state index contributed by atoms with van der Waals surface area (Å²) < 4.78 is 11.0. The van der Waals surface area contributed by atoms with Gasteiger partial charge in [0, 0.05) is 17.2 Å². The topological polar surface area (TPSA) is 123 Å². The maximum Gasteiger partial charge on any atom is 0.343 e. The molecule has 4 rings (SSSR count). The smallest absolute Gasteiger partial charge is 0.343 e. The number of nitrogens with zero attached hydrogens (tertiary/aromatic N) is 1. The molecule has 9 heteroatoms. The average molecular weight is 536 g/mol. The largest absolute Gasteiger partial charge is 0.423 e. The van der Waals surface area contributed by atoms with Crippen molar-refractivity contribution in [3.05, 3.63) is 131 Å². The average Bonchev–Trinajstić information content (AvgIpc) is 2.98. The Morgan fingerprint density at radius 1 is 0.725 bits per heavy atom. The van der Waals surface area contributed by atoms with Gasteiger partial charge in [-0.15, -0.1) is 0 Å². The maximum atomic E-state index is 12.7. The van der Waals surface area contributed by atoms with E-state index >= 15 is 0 Å². The highest BCUT2D eigenvalue weighted by molar-refractivity contribution is 5.97. The highest BCUT2D eigenvalue weighted by Gasteiger charge is 2.15. The van der Waals surface area contributed by atoms with Crippen molar-refractivity contribution in [1.29, 1.82) is 0 Å². The molecule has 0 aliphatic carbocycles. The molecule has 0 spiro atoms. The standard InChI is InChI=1S/C31H25N3O6/c1-21-12-14-22(15-13-21)29(36)32-20-28(35)34-33-19-25-16-17-26(39-30(37)23-8-4-2-5-9-23)18-27(25)40-31(38)24-10-6-3-7-11-24/h2-19H,20H2,1H3,(H,32,36)(H,34,35)/b33-19+. The third kappa shape index (κ3) is 7.72. The number of amides is 2. The summed E-state index contributed by atoms with van der Waals surface area (Å²) in [5.74, 6) is -1.97. The van der Waals surface area contributed by atoms with Crippen LogP contribution >= 0.6 is 0 Å². The molecule has 2 amide bonds. The van der Waals surface area contributed by atoms with Crippen LogP contribution in [0.3, 0.4) is 0 Å². The van der Waals surface area contributed by atoms with Crippen LogP contribution in [0.1, 0.15) is 42.2 Å². The lowest BCUT2D eigenvalue weighted by atomic mass is 10.1. The minimum Gasteiger partial charge on any atom is -0.423 e. The van der Waals surface area contributed by atoms with E-state index in [9.17, 15) is 19.2 Å². The molecular weight excluding hydrogens is 510 g/mol. The number of carbonyl (C=O) groups is 4. The second-order valence-corrected chi connectivity index (χ2v) is 8.55. The lowest BCUT2D eigenvalue weighted by molar-refractivity contribution is -0.120. The summed E-state index contributed by atoms with van der Waals surface area (Å²) in [4.78, 5) is 49.6. The van der Waals surface area contributed by atoms with Gasteiger partial charge in [0.1, 0.15) is 11.5 Å². The molecule has 2 N–H and O–H groups in total. The van der Waals surface area contributed by atoms with E-state index in [1.165, 1.54) is 24.4 Å². The van der Waals surface area contributed by atoms with E-state index in [0.29, 0.717) is 22.3 Å². The molecule has 40 heavy (non-hydrogen) atoms. The van der Waals surface area contributed by atoms with Crippen molar-refractivity contribution < 1.29 is 28.7 Å². The summed E-state index contributed by atoms with van der Waals surface area (Å²) in [6, 6.07) is 28.1. The molecular formula is C31H25N3O6. The monoisotopic (exact) mass is 535 g/mol. The number of benzene rings is 4. The lowest BCUT2D eigenvalue weighted by Gasteiger charge is -2.10. The summed E-state index contributed by atoms with van der Waals surface area (Å²) in [5, 5.41) is 6.43. The fraction of sp³-hybridized carbons (Fsp3) is 0.0645. The van der Waals surface area contributed by atoms with Gasteiger partial charge in [-0.1, -0.05) is 54.1 Å². The van der Waals surface area contributed by atoms with Crippen molar-refractivity contribution in [2.75, 3.05) is 6.54 Å². The number of carbonyl (C=O) groups excluding carboxylic acids is 4. The van der Waals surface area contributed by atoms with E-state index in [1.807, 2.05) is 6.92 Å². The zero-order valence-corrected chi connectivity index (χ0v) is 21.5. The number of hydrogen-bond donors (Lipinski definition) is 2. The van der Waals surface area contributed by atoms with E-state index in [4.69, 9.17) is 9.47 Å². The number of hydrazone groups is 1. The van der Waals surface area contributed by atoms with Crippen LogP contribution in [-0.2, 0) is 4.79 Å². The lowest BCUT2D eigenvalue weighted by Crippen LogP contribution is -2.34. The van der Waals surface area contributed by atoms with Crippen molar-refractivity contribution >= 4 is 30.0 Å². The number of esters is 2. The van der Waals surface area contributed by atoms with Crippen LogP contribution in [-0.4, -0.2) is 36.5 Å². The van der Waals surface area contributed by atoms with Crippen LogP contribution in [0.5, 0.6) is 11.5 Å². The number of hydrogen-bond acceptors (Lipinski definition) is 7. The molecule has 0 saturated carbocycles. The van der Waals surface area contributed by atoms with Gasteiger partial charge >= 0.3 is 11.9 Å². The second kappa shape index (κ2) is 13.3. The van der Waals surface area contributed by atoms with E-state index < -0.39 is 23.8 Å². The number of aryl methyl sites for hydroxylation is 1. The highest BCUT2D eigenvalue weighted by atomic mass is 16.5. The molecule has 4 aromatic rings. The molecule has 200 valence electrons. The normalized spacial score (nSPS) is 10.5. The number of rotatable bonds is 9. The third-order valence-electron chi connectivity index (χ3n) is 5.53. The first kappa shape index (κ1) is 27.5. The zero-order chi connectivity index (χ0) is 28.3. The van der Waals surface area contributed by atoms with Gasteiger partial charge in [-0.3, -0.25) is 9.59 Å². The Bertz CT molecular complexity index is 1530. The quantitative estimate of drug-likeness (QED) is 0.142. The molecule has 0 aliphatic heterocycles. The van der Waals surface area contributed by atoms with Gasteiger partial charge in [0.2, 0.25) is 0 Å². The second-order valence-electron chi connectivity index (χ2n) is 8.55. The Morgan fingerprint density at radius 3 is 1.95 bits per heavy atom. The molecule has 0 fully saturated rings. The van der Waals surface area contributed by atoms with Crippen molar-refractivity contribution in [2.24, 2.45) is 5.10 Å². The summed E-state index contributed by atoms with van der Waals surface area (Å²) in [5.41, 5.74) is 4.76. The van der Waals surface area contributed by atoms with Crippen LogP contribution < -0.4 is 20.2 Å². The minimum absolute atomic E-state index is 0.0536. The van der Waals surface area contributed by atoms with Gasteiger partial charge in [-0.25, -0.2) is 15.0 Å². The molecule has 0 aromatic heterocycles. The van der Waals surface area contributed by atoms with Gasteiger partial charge in [-0.2, -0.15) is 5.10 Å². The van der Waals surface area contributed by atoms with Gasteiger partial charge < -0.3 is 14.8 Å². The maximum absolute atomic E-state index is 12.7. The Balaban J connectivity index is 1.44. The number of nitrogens with one attached hydrogen (secondary N) is 2. The first-order valence-corrected chi connectivity index (χ1v) is 12.2. The fourth-order valence-electron chi connectivity index (χ4n) is 3.43. The Labute approximate surface area is 230 Å². The van der Waals surface area contributed by atoms with Crippen molar-refractivity contribution in [1.82, 2.24) is 10.7 Å². The predicted octanol–water partition coefficient (Wildman–Crippen LogP) is 4.31. The Hall–Kier alpha value is -5.57. The van der Waals surface area contributed by atoms with Crippen molar-refractivity contribution in [3.63, 3.8) is 0 Å². The third-order valence-corrected chi connectivity index (χ3v) is 5.53. The molecule has 0 heterocycles. The summed E-state index contributed by atoms with van der Waals surface area (Å²) >= 11 is 0. The summed E-state index contributed by atoms with van der Waals surface area (Å²) in [6.45, 7) is 1.61. The molecule has 0 atom stereocenters. The zero-order valence-electron chi connectivity index (χ0n) is 21.5. The molecule has 0 bridgehead atoms. The SMILES string of the molecule is Cc1ccc(C(=O)NCC(=O)N/N=C/c2ccc(OC(=O)c3ccccc3)cc2OC(=O)c2ccccc2)cc1. The molecule has 0 saturated heterocycles. The van der Waals surface area contributed by atoms with Gasteiger partial charge in [0.25, 0.3) is 11.8 Å². The van der Waals surface area contributed by atoms with Crippen LogP contribution in [0, 0.1) is 6.92 Å². The molecule has 0 unspecified atom stereocenters. The number of ether oxygens (including phenoxy) is 2. The minimum atomic E-state index is -0.635. The first-order chi connectivity index (χ1) is 19.4. The van der Waals surface area contributed by atoms with Crippen molar-refractivity contribution in [2.45, 2.75) is 6.92 Å². The summed E-state index contributed by atoms with van der Waals surface area (Å²) in [6.07, 6.45) is 1.27. The molecule has 0 aliphatic rings. The molecule has 0 radical (unpaired) electrons. The fourth-order valence-corrected chi connectivity index (χ4v) is 3.43. The Morgan fingerprint density at radius 2 is 1.32 bits per heavy atom. The predicted molar refractivity (Wildman–Crippen MR) is 148 cm³/mol. The molecule has 9 nitrogen and oxygen atoms in total. The van der Waals surface area contributed by atoms with Crippen LogP contribution in [0.25, 0.3) is 0 Å². The summed E-state index contributed by atoms with van der Waals surface area (Å²) in [7, 11) is 0. The van der Waals surface area contributed by atoms with Crippen LogP contribution in [0.15, 0.2) is 108 Å². The van der Waals surface area contributed by atoms with E-state index in [1.54, 1.807) is 84.9 Å². The van der Waals surface area contributed by atoms with Gasteiger partial charge in [0.05, 0.1) is 23.9 Å².